The van der Waals surface area contributed by atoms with E-state index >= 15 is 0 Å². The van der Waals surface area contributed by atoms with Crippen molar-refractivity contribution in [2.75, 3.05) is 0 Å². The minimum Gasteiger partial charge on any atom is -0.240 e. The fourth-order valence-corrected chi connectivity index (χ4v) is 2.23. The number of hydrogen-bond acceptors (Lipinski definition) is 3. The summed E-state index contributed by atoms with van der Waals surface area (Å²) in [6.45, 7) is 0. The third-order valence-corrected chi connectivity index (χ3v) is 2.94. The van der Waals surface area contributed by atoms with Gasteiger partial charge in [0.05, 0.1) is 11.9 Å². The first kappa shape index (κ1) is 11.3. The van der Waals surface area contributed by atoms with Gasteiger partial charge in [0.25, 0.3) is 0 Å². The van der Waals surface area contributed by atoms with Gasteiger partial charge in [-0.3, -0.25) is 0 Å². The van der Waals surface area contributed by atoms with Gasteiger partial charge in [-0.25, -0.2) is 18.9 Å². The summed E-state index contributed by atoms with van der Waals surface area (Å²) in [5.74, 6) is -0.250. The Hall–Kier alpha value is -1.82. The monoisotopic (exact) mass is 306 g/mol. The molecule has 4 nitrogen and oxygen atoms in total. The SMILES string of the molecule is Fc1cccc(Cc2nc(Br)cn3ncnc23)c1. The van der Waals surface area contributed by atoms with E-state index in [9.17, 15) is 4.39 Å². The van der Waals surface area contributed by atoms with Gasteiger partial charge in [0.2, 0.25) is 0 Å². The lowest BCUT2D eigenvalue weighted by Crippen LogP contribution is -2.00. The first-order chi connectivity index (χ1) is 8.72. The Labute approximate surface area is 111 Å². The molecule has 0 bridgehead atoms. The number of nitrogens with zero attached hydrogens (tertiary/aromatic N) is 4. The van der Waals surface area contributed by atoms with Crippen LogP contribution in [0.4, 0.5) is 4.39 Å². The van der Waals surface area contributed by atoms with Gasteiger partial charge in [0.15, 0.2) is 5.65 Å². The second-order valence-corrected chi connectivity index (χ2v) is 4.66. The fraction of sp³-hybridized carbons (Fsp3) is 0.0833. The molecule has 0 spiro atoms. The summed E-state index contributed by atoms with van der Waals surface area (Å²) in [4.78, 5) is 8.52. The van der Waals surface area contributed by atoms with E-state index in [1.807, 2.05) is 6.07 Å². The van der Waals surface area contributed by atoms with Crippen LogP contribution in [0.3, 0.4) is 0 Å². The van der Waals surface area contributed by atoms with Gasteiger partial charge in [-0.15, -0.1) is 0 Å². The topological polar surface area (TPSA) is 43.1 Å². The Kier molecular flexibility index (Phi) is 2.79. The first-order valence-corrected chi connectivity index (χ1v) is 6.11. The van der Waals surface area contributed by atoms with Crippen LogP contribution in [0, 0.1) is 5.82 Å². The van der Waals surface area contributed by atoms with Crippen LogP contribution in [0.25, 0.3) is 5.65 Å². The molecule has 0 aliphatic carbocycles. The van der Waals surface area contributed by atoms with Gasteiger partial charge in [-0.1, -0.05) is 12.1 Å². The molecule has 0 fully saturated rings. The summed E-state index contributed by atoms with van der Waals surface area (Å²) in [6, 6.07) is 6.46. The number of benzene rings is 1. The van der Waals surface area contributed by atoms with Crippen molar-refractivity contribution in [2.24, 2.45) is 0 Å². The number of fused-ring (bicyclic) bond motifs is 1. The minimum atomic E-state index is -0.250. The van der Waals surface area contributed by atoms with Gasteiger partial charge in [-0.05, 0) is 33.6 Å². The van der Waals surface area contributed by atoms with Gasteiger partial charge in [0, 0.05) is 6.42 Å². The lowest BCUT2D eigenvalue weighted by Gasteiger charge is -2.03. The molecule has 90 valence electrons. The van der Waals surface area contributed by atoms with Gasteiger partial charge < -0.3 is 0 Å². The predicted molar refractivity (Wildman–Crippen MR) is 67.7 cm³/mol. The van der Waals surface area contributed by atoms with Crippen molar-refractivity contribution in [3.63, 3.8) is 0 Å². The van der Waals surface area contributed by atoms with Crippen LogP contribution in [0.2, 0.25) is 0 Å². The van der Waals surface area contributed by atoms with E-state index in [0.29, 0.717) is 16.7 Å². The maximum atomic E-state index is 13.1. The Bertz CT molecular complexity index is 710. The minimum absolute atomic E-state index is 0.250. The number of rotatable bonds is 2. The largest absolute Gasteiger partial charge is 0.240 e. The molecule has 0 aliphatic rings. The summed E-state index contributed by atoms with van der Waals surface area (Å²) >= 11 is 3.32. The van der Waals surface area contributed by atoms with E-state index in [1.165, 1.54) is 18.5 Å². The molecule has 0 aliphatic heterocycles. The zero-order chi connectivity index (χ0) is 12.5. The van der Waals surface area contributed by atoms with E-state index in [2.05, 4.69) is 31.0 Å². The Morgan fingerprint density at radius 3 is 3.06 bits per heavy atom. The van der Waals surface area contributed by atoms with Crippen LogP contribution in [0.1, 0.15) is 11.3 Å². The van der Waals surface area contributed by atoms with Crippen molar-refractivity contribution in [3.8, 4) is 0 Å². The van der Waals surface area contributed by atoms with Gasteiger partial charge in [0.1, 0.15) is 16.7 Å². The summed E-state index contributed by atoms with van der Waals surface area (Å²) in [6.07, 6.45) is 3.72. The van der Waals surface area contributed by atoms with Crippen molar-refractivity contribution in [2.45, 2.75) is 6.42 Å². The average Bonchev–Trinajstić information content (AvgIpc) is 2.77. The molecular weight excluding hydrogens is 299 g/mol. The predicted octanol–water partition coefficient (Wildman–Crippen LogP) is 2.62. The fourth-order valence-electron chi connectivity index (χ4n) is 1.82. The van der Waals surface area contributed by atoms with E-state index < -0.39 is 0 Å². The highest BCUT2D eigenvalue weighted by Gasteiger charge is 2.08. The Morgan fingerprint density at radius 2 is 2.22 bits per heavy atom. The molecule has 0 unspecified atom stereocenters. The molecule has 0 amide bonds. The number of hydrogen-bond donors (Lipinski definition) is 0. The smallest absolute Gasteiger partial charge is 0.177 e. The third-order valence-electron chi connectivity index (χ3n) is 2.56. The van der Waals surface area contributed by atoms with Crippen molar-refractivity contribution in [3.05, 3.63) is 58.5 Å². The lowest BCUT2D eigenvalue weighted by molar-refractivity contribution is 0.626. The zero-order valence-corrected chi connectivity index (χ0v) is 10.8. The molecule has 0 atom stereocenters. The molecule has 0 radical (unpaired) electrons. The highest BCUT2D eigenvalue weighted by Crippen LogP contribution is 2.15. The van der Waals surface area contributed by atoms with Crippen LogP contribution in [0.5, 0.6) is 0 Å². The molecule has 2 heterocycles. The molecule has 0 saturated carbocycles. The van der Waals surface area contributed by atoms with Crippen LogP contribution in [0.15, 0.2) is 41.4 Å². The summed E-state index contributed by atoms with van der Waals surface area (Å²) < 4.78 is 15.5. The number of aromatic nitrogens is 4. The van der Waals surface area contributed by atoms with E-state index in [4.69, 9.17) is 0 Å². The second kappa shape index (κ2) is 4.45. The molecule has 2 aromatic heterocycles. The van der Waals surface area contributed by atoms with Crippen LogP contribution >= 0.6 is 15.9 Å². The average molecular weight is 307 g/mol. The van der Waals surface area contributed by atoms with E-state index in [1.54, 1.807) is 16.8 Å². The highest BCUT2D eigenvalue weighted by atomic mass is 79.9. The molecule has 3 rings (SSSR count). The molecular formula is C12H8BrFN4. The highest BCUT2D eigenvalue weighted by molar-refractivity contribution is 9.10. The lowest BCUT2D eigenvalue weighted by atomic mass is 10.1. The Morgan fingerprint density at radius 1 is 1.33 bits per heavy atom. The van der Waals surface area contributed by atoms with Crippen LogP contribution in [-0.2, 0) is 6.42 Å². The van der Waals surface area contributed by atoms with Gasteiger partial charge >= 0.3 is 0 Å². The van der Waals surface area contributed by atoms with Crippen LogP contribution in [-0.4, -0.2) is 19.6 Å². The van der Waals surface area contributed by atoms with Crippen molar-refractivity contribution < 1.29 is 4.39 Å². The maximum Gasteiger partial charge on any atom is 0.177 e. The third kappa shape index (κ3) is 2.11. The van der Waals surface area contributed by atoms with E-state index in [-0.39, 0.29) is 5.82 Å². The van der Waals surface area contributed by atoms with Crippen molar-refractivity contribution in [1.82, 2.24) is 19.6 Å². The van der Waals surface area contributed by atoms with E-state index in [0.717, 1.165) is 11.3 Å². The molecule has 0 saturated heterocycles. The summed E-state index contributed by atoms with van der Waals surface area (Å²) in [5.41, 5.74) is 2.29. The molecule has 1 aromatic carbocycles. The summed E-state index contributed by atoms with van der Waals surface area (Å²) in [5, 5.41) is 4.06. The van der Waals surface area contributed by atoms with Crippen molar-refractivity contribution in [1.29, 1.82) is 0 Å². The second-order valence-electron chi connectivity index (χ2n) is 3.85. The zero-order valence-electron chi connectivity index (χ0n) is 9.22. The maximum absolute atomic E-state index is 13.1. The molecule has 18 heavy (non-hydrogen) atoms. The quantitative estimate of drug-likeness (QED) is 0.731. The van der Waals surface area contributed by atoms with Gasteiger partial charge in [-0.2, -0.15) is 5.10 Å². The Balaban J connectivity index is 2.06. The number of halogens is 2. The van der Waals surface area contributed by atoms with Crippen LogP contribution < -0.4 is 0 Å². The normalized spacial score (nSPS) is 11.0. The summed E-state index contributed by atoms with van der Waals surface area (Å²) in [7, 11) is 0. The standard InChI is InChI=1S/C12H8BrFN4/c13-11-6-18-12(15-7-16-18)10(17-11)5-8-2-1-3-9(14)4-8/h1-4,6-7H,5H2. The van der Waals surface area contributed by atoms with Crippen molar-refractivity contribution >= 4 is 21.6 Å². The molecule has 6 heteroatoms. The molecule has 3 aromatic rings. The first-order valence-electron chi connectivity index (χ1n) is 5.31. The molecule has 0 N–H and O–H groups in total.